The van der Waals surface area contributed by atoms with Crippen molar-refractivity contribution in [1.29, 1.82) is 0 Å². The lowest BCUT2D eigenvalue weighted by atomic mass is 10.0. The molecule has 0 bridgehead atoms. The lowest BCUT2D eigenvalue weighted by Crippen LogP contribution is -2.38. The Morgan fingerprint density at radius 2 is 2.00 bits per heavy atom. The van der Waals surface area contributed by atoms with Gasteiger partial charge in [-0.25, -0.2) is 9.78 Å². The number of aromatic nitrogens is 5. The Balaban J connectivity index is 1.30. The number of nitrogens with zero attached hydrogens (tertiary/aromatic N) is 6. The number of rotatable bonds is 5. The highest BCUT2D eigenvalue weighted by molar-refractivity contribution is 5.82. The largest absolute Gasteiger partial charge is 0.379 e. The lowest BCUT2D eigenvalue weighted by Gasteiger charge is -2.24. The fraction of sp³-hybridized carbons (Fsp3) is 0.333. The zero-order chi connectivity index (χ0) is 22.2. The molecule has 2 aliphatic rings. The second kappa shape index (κ2) is 8.42. The molecule has 0 N–H and O–H groups in total. The molecule has 0 amide bonds. The van der Waals surface area contributed by atoms with Crippen molar-refractivity contribution in [3.63, 3.8) is 0 Å². The number of pyridine rings is 2. The van der Waals surface area contributed by atoms with Gasteiger partial charge in [0.25, 0.3) is 0 Å². The zero-order valence-electron chi connectivity index (χ0n) is 18.2. The number of morpholine rings is 1. The van der Waals surface area contributed by atoms with E-state index in [0.29, 0.717) is 32.0 Å². The van der Waals surface area contributed by atoms with Crippen LogP contribution in [0.5, 0.6) is 0 Å². The van der Waals surface area contributed by atoms with Crippen LogP contribution >= 0.6 is 0 Å². The van der Waals surface area contributed by atoms with Gasteiger partial charge in [-0.15, -0.1) is 5.06 Å². The summed E-state index contributed by atoms with van der Waals surface area (Å²) < 4.78 is 9.35. The third-order valence-electron chi connectivity index (χ3n) is 6.06. The van der Waals surface area contributed by atoms with Crippen LogP contribution in [0.15, 0.2) is 48.9 Å². The highest BCUT2D eigenvalue weighted by Gasteiger charge is 2.25. The molecule has 2 aliphatic heterocycles. The summed E-state index contributed by atoms with van der Waals surface area (Å²) in [5, 5.41) is 6.52. The number of carbonyl (C=O) groups excluding carboxylic acids is 1. The molecule has 0 aromatic carbocycles. The summed E-state index contributed by atoms with van der Waals surface area (Å²) in [7, 11) is 0. The van der Waals surface area contributed by atoms with Crippen LogP contribution in [-0.4, -0.2) is 61.5 Å². The van der Waals surface area contributed by atoms with E-state index in [1.165, 1.54) is 5.69 Å². The molecule has 4 aromatic rings. The van der Waals surface area contributed by atoms with E-state index in [-0.39, 0.29) is 12.4 Å². The molecule has 9 heteroatoms. The first kappa shape index (κ1) is 20.1. The molecule has 0 saturated carbocycles. The Hall–Kier alpha value is -3.56. The summed E-state index contributed by atoms with van der Waals surface area (Å²) in [6.45, 7) is 3.26. The van der Waals surface area contributed by atoms with Crippen molar-refractivity contribution in [3.05, 3.63) is 60.3 Å². The van der Waals surface area contributed by atoms with Crippen molar-refractivity contribution < 1.29 is 14.4 Å². The molecule has 33 heavy (non-hydrogen) atoms. The first-order valence-corrected chi connectivity index (χ1v) is 11.3. The van der Waals surface area contributed by atoms with Crippen molar-refractivity contribution in [2.24, 2.45) is 0 Å². The monoisotopic (exact) mass is 444 g/mol. The van der Waals surface area contributed by atoms with E-state index in [9.17, 15) is 4.79 Å². The molecule has 0 aliphatic carbocycles. The van der Waals surface area contributed by atoms with Gasteiger partial charge in [-0.05, 0) is 37.1 Å². The van der Waals surface area contributed by atoms with Gasteiger partial charge < -0.3 is 14.0 Å². The first-order valence-electron chi connectivity index (χ1n) is 11.3. The Labute approximate surface area is 190 Å². The van der Waals surface area contributed by atoms with Crippen LogP contribution in [0.25, 0.3) is 28.2 Å². The van der Waals surface area contributed by atoms with E-state index in [0.717, 1.165) is 47.5 Å². The van der Waals surface area contributed by atoms with E-state index in [2.05, 4.69) is 26.9 Å². The maximum Gasteiger partial charge on any atom is 0.331 e. The van der Waals surface area contributed by atoms with Crippen molar-refractivity contribution in [3.8, 4) is 22.5 Å². The van der Waals surface area contributed by atoms with E-state index in [4.69, 9.17) is 14.7 Å². The minimum Gasteiger partial charge on any atom is -0.379 e. The van der Waals surface area contributed by atoms with Crippen LogP contribution < -0.4 is 0 Å². The average Bonchev–Trinajstić information content (AvgIpc) is 3.53. The fourth-order valence-corrected chi connectivity index (χ4v) is 4.56. The van der Waals surface area contributed by atoms with E-state index in [1.807, 2.05) is 34.9 Å². The van der Waals surface area contributed by atoms with E-state index in [1.54, 1.807) is 11.3 Å². The average molecular weight is 444 g/mol. The summed E-state index contributed by atoms with van der Waals surface area (Å²) in [5.41, 5.74) is 6.66. The van der Waals surface area contributed by atoms with Crippen molar-refractivity contribution in [2.75, 3.05) is 26.3 Å². The summed E-state index contributed by atoms with van der Waals surface area (Å²) in [6.07, 6.45) is 7.96. The molecule has 0 unspecified atom stereocenters. The Kier molecular flexibility index (Phi) is 5.12. The van der Waals surface area contributed by atoms with Gasteiger partial charge in [0.1, 0.15) is 11.3 Å². The third-order valence-corrected chi connectivity index (χ3v) is 6.06. The fourth-order valence-electron chi connectivity index (χ4n) is 4.56. The third kappa shape index (κ3) is 3.90. The van der Waals surface area contributed by atoms with Gasteiger partial charge in [-0.3, -0.25) is 9.67 Å². The summed E-state index contributed by atoms with van der Waals surface area (Å²) >= 11 is 0. The molecule has 0 radical (unpaired) electrons. The lowest BCUT2D eigenvalue weighted by molar-refractivity contribution is -0.204. The number of fused-ring (bicyclic) bond motifs is 2. The maximum absolute atomic E-state index is 12.4. The predicted molar refractivity (Wildman–Crippen MR) is 120 cm³/mol. The number of ether oxygens (including phenoxy) is 1. The highest BCUT2D eigenvalue weighted by Crippen LogP contribution is 2.36. The molecule has 1 fully saturated rings. The normalized spacial score (nSPS) is 16.2. The van der Waals surface area contributed by atoms with Gasteiger partial charge in [0.15, 0.2) is 0 Å². The molecule has 168 valence electrons. The Bertz CT molecular complexity index is 1310. The SMILES string of the molecule is O=C(Cc1cn2cc(-c3c(-c4ccccn4)nn4c3CCC4)ccc2n1)ON1CCOCC1. The zero-order valence-corrected chi connectivity index (χ0v) is 18.2. The molecular formula is C24H24N6O3. The number of aryl methyl sites for hydroxylation is 1. The molecule has 6 rings (SSSR count). The molecule has 6 heterocycles. The van der Waals surface area contributed by atoms with Crippen LogP contribution in [0.4, 0.5) is 0 Å². The number of hydroxylamine groups is 2. The van der Waals surface area contributed by atoms with Gasteiger partial charge in [0, 0.05) is 42.0 Å². The molecule has 0 atom stereocenters. The van der Waals surface area contributed by atoms with Crippen LogP contribution in [0.2, 0.25) is 0 Å². The van der Waals surface area contributed by atoms with Crippen molar-refractivity contribution in [2.45, 2.75) is 25.8 Å². The molecule has 0 spiro atoms. The summed E-state index contributed by atoms with van der Waals surface area (Å²) in [4.78, 5) is 26.9. The first-order chi connectivity index (χ1) is 16.2. The van der Waals surface area contributed by atoms with Gasteiger partial charge >= 0.3 is 5.97 Å². The molecule has 1 saturated heterocycles. The molecule has 4 aromatic heterocycles. The van der Waals surface area contributed by atoms with Crippen LogP contribution in [0.1, 0.15) is 17.8 Å². The second-order valence-corrected chi connectivity index (χ2v) is 8.31. The predicted octanol–water partition coefficient (Wildman–Crippen LogP) is 2.54. The Morgan fingerprint density at radius 1 is 1.09 bits per heavy atom. The smallest absolute Gasteiger partial charge is 0.331 e. The maximum atomic E-state index is 12.4. The summed E-state index contributed by atoms with van der Waals surface area (Å²) in [6, 6.07) is 9.94. The van der Waals surface area contributed by atoms with E-state index >= 15 is 0 Å². The highest BCUT2D eigenvalue weighted by atomic mass is 16.7. The second-order valence-electron chi connectivity index (χ2n) is 8.31. The quantitative estimate of drug-likeness (QED) is 0.468. The van der Waals surface area contributed by atoms with Crippen LogP contribution in [0.3, 0.4) is 0 Å². The van der Waals surface area contributed by atoms with Gasteiger partial charge in [0.2, 0.25) is 0 Å². The minimum atomic E-state index is -0.313. The number of hydrogen-bond donors (Lipinski definition) is 0. The van der Waals surface area contributed by atoms with Gasteiger partial charge in [0.05, 0.1) is 44.1 Å². The van der Waals surface area contributed by atoms with E-state index < -0.39 is 0 Å². The van der Waals surface area contributed by atoms with Gasteiger partial charge in [-0.1, -0.05) is 6.07 Å². The minimum absolute atomic E-state index is 0.122. The van der Waals surface area contributed by atoms with Crippen molar-refractivity contribution >= 4 is 11.6 Å². The number of carbonyl (C=O) groups is 1. The number of imidazole rings is 1. The van der Waals surface area contributed by atoms with Crippen LogP contribution in [0, 0.1) is 0 Å². The number of hydrogen-bond acceptors (Lipinski definition) is 7. The van der Waals surface area contributed by atoms with Crippen LogP contribution in [-0.2, 0) is 33.8 Å². The molecular weight excluding hydrogens is 420 g/mol. The standard InChI is InChI=1S/C24H24N6O3/c31-22(33-29-10-12-32-13-11-29)14-18-16-28-15-17(6-7-21(28)26-18)23-20-5-3-9-30(20)27-24(23)19-4-1-2-8-25-19/h1-2,4,6-8,15-16H,3,5,9-14H2. The summed E-state index contributed by atoms with van der Waals surface area (Å²) in [5.74, 6) is -0.313. The topological polar surface area (TPSA) is 86.8 Å². The molecule has 9 nitrogen and oxygen atoms in total. The Morgan fingerprint density at radius 3 is 2.85 bits per heavy atom. The van der Waals surface area contributed by atoms with Gasteiger partial charge in [-0.2, -0.15) is 5.10 Å². The van der Waals surface area contributed by atoms with Crippen molar-refractivity contribution in [1.82, 2.24) is 29.2 Å².